The minimum atomic E-state index is -0.0558. The summed E-state index contributed by atoms with van der Waals surface area (Å²) in [6.07, 6.45) is 8.70. The summed E-state index contributed by atoms with van der Waals surface area (Å²) in [6, 6.07) is 0.928. The van der Waals surface area contributed by atoms with Gasteiger partial charge in [-0.05, 0) is 44.9 Å². The summed E-state index contributed by atoms with van der Waals surface area (Å²) in [4.78, 5) is 11.0. The summed E-state index contributed by atoms with van der Waals surface area (Å²) in [5.74, 6) is 0.568. The molecule has 6 nitrogen and oxygen atoms in total. The first-order chi connectivity index (χ1) is 14.4. The van der Waals surface area contributed by atoms with Gasteiger partial charge < -0.3 is 21.3 Å². The van der Waals surface area contributed by atoms with Gasteiger partial charge in [-0.25, -0.2) is 0 Å². The average molecular weight is 427 g/mol. The first-order valence-electron chi connectivity index (χ1n) is 11.7. The Labute approximate surface area is 188 Å². The number of nitrogens with two attached hydrogens (primary N) is 1. The Hall–Kier alpha value is -1.92. The highest BCUT2D eigenvalue weighted by Gasteiger charge is 2.52. The van der Waals surface area contributed by atoms with Crippen LogP contribution in [0.5, 0.6) is 0 Å². The molecule has 0 spiro atoms. The normalized spacial score (nSPS) is 28.7. The van der Waals surface area contributed by atoms with Crippen molar-refractivity contribution in [2.45, 2.75) is 90.5 Å². The molecule has 172 valence electrons. The van der Waals surface area contributed by atoms with Crippen molar-refractivity contribution in [2.75, 3.05) is 6.54 Å². The van der Waals surface area contributed by atoms with E-state index in [9.17, 15) is 0 Å². The van der Waals surface area contributed by atoms with Crippen molar-refractivity contribution < 1.29 is 0 Å². The number of nitrogens with zero attached hydrogens (tertiary/aromatic N) is 3. The Morgan fingerprint density at radius 3 is 2.55 bits per heavy atom. The second-order valence-corrected chi connectivity index (χ2v) is 10.8. The number of nitrogens with one attached hydrogen (secondary N) is 2. The fourth-order valence-electron chi connectivity index (χ4n) is 5.43. The predicted molar refractivity (Wildman–Crippen MR) is 129 cm³/mol. The fraction of sp³-hybridized carbons (Fsp3) is 0.680. The molecule has 1 saturated carbocycles. The average Bonchev–Trinajstić information content (AvgIpc) is 3.20. The van der Waals surface area contributed by atoms with Crippen molar-refractivity contribution >= 4 is 5.70 Å². The molecule has 0 radical (unpaired) electrons. The van der Waals surface area contributed by atoms with Gasteiger partial charge in [-0.15, -0.1) is 0 Å². The van der Waals surface area contributed by atoms with Crippen LogP contribution in [0.1, 0.15) is 66.5 Å². The van der Waals surface area contributed by atoms with E-state index in [-0.39, 0.29) is 29.1 Å². The minimum Gasteiger partial charge on any atom is -0.380 e. The molecule has 1 aromatic heterocycles. The molecule has 31 heavy (non-hydrogen) atoms. The van der Waals surface area contributed by atoms with Crippen molar-refractivity contribution in [3.63, 3.8) is 0 Å². The molecular weight excluding hydrogens is 384 g/mol. The molecule has 2 fully saturated rings. The fourth-order valence-corrected chi connectivity index (χ4v) is 5.43. The molecule has 4 N–H and O–H groups in total. The van der Waals surface area contributed by atoms with Crippen molar-refractivity contribution in [3.8, 4) is 0 Å². The quantitative estimate of drug-likeness (QED) is 0.590. The summed E-state index contributed by atoms with van der Waals surface area (Å²) in [5, 5.41) is 7.35. The van der Waals surface area contributed by atoms with E-state index < -0.39 is 0 Å². The lowest BCUT2D eigenvalue weighted by molar-refractivity contribution is 0.197. The number of aromatic nitrogens is 2. The Kier molecular flexibility index (Phi) is 6.82. The molecule has 2 aliphatic rings. The van der Waals surface area contributed by atoms with Crippen molar-refractivity contribution in [2.24, 2.45) is 17.1 Å². The highest BCUT2D eigenvalue weighted by molar-refractivity contribution is 5.57. The second-order valence-electron chi connectivity index (χ2n) is 10.8. The van der Waals surface area contributed by atoms with Gasteiger partial charge >= 0.3 is 0 Å². The summed E-state index contributed by atoms with van der Waals surface area (Å²) in [7, 11) is 0. The number of hydrogen-bond acceptors (Lipinski definition) is 6. The van der Waals surface area contributed by atoms with Crippen LogP contribution in [0.4, 0.5) is 0 Å². The van der Waals surface area contributed by atoms with Gasteiger partial charge in [0, 0.05) is 48.3 Å². The van der Waals surface area contributed by atoms with Gasteiger partial charge in [-0.3, -0.25) is 9.97 Å². The van der Waals surface area contributed by atoms with Gasteiger partial charge in [0.15, 0.2) is 0 Å². The number of hydrogen-bond donors (Lipinski definition) is 3. The molecule has 2 heterocycles. The van der Waals surface area contributed by atoms with E-state index in [0.29, 0.717) is 12.0 Å². The Morgan fingerprint density at radius 1 is 1.26 bits per heavy atom. The van der Waals surface area contributed by atoms with Gasteiger partial charge in [0.25, 0.3) is 0 Å². The van der Waals surface area contributed by atoms with Crippen molar-refractivity contribution in [3.05, 3.63) is 43.1 Å². The standard InChI is InChI=1S/C25H42N6/c1-16(29-18(3)22-14-27-12-13-28-22)17(2)30-23(24(6,7)8)20(5)31-15-25(26)11-9-10-21(25)19(31)4/h12-14,16-17,19,21,23,29-30H,3,5,9-11,15,26H2,1-2,4,6-8H3/t16?,17?,19?,21?,23-,25?/m1/s1. The molecule has 0 aromatic carbocycles. The van der Waals surface area contributed by atoms with E-state index in [4.69, 9.17) is 5.73 Å². The topological polar surface area (TPSA) is 79.1 Å². The maximum Gasteiger partial charge on any atom is 0.104 e. The molecule has 0 amide bonds. The van der Waals surface area contributed by atoms with E-state index in [1.165, 1.54) is 12.8 Å². The smallest absolute Gasteiger partial charge is 0.104 e. The highest BCUT2D eigenvalue weighted by atomic mass is 15.3. The lowest BCUT2D eigenvalue weighted by Gasteiger charge is -2.42. The van der Waals surface area contributed by atoms with Gasteiger partial charge in [0.05, 0.1) is 17.9 Å². The SMILES string of the molecule is C=C(NC(C)C(C)N[C@H](C(=C)N1CC2(N)CCCC2C1C)C(C)(C)C)c1cnccn1. The molecule has 1 aromatic rings. The van der Waals surface area contributed by atoms with Crippen LogP contribution < -0.4 is 16.4 Å². The van der Waals surface area contributed by atoms with E-state index in [2.05, 4.69) is 80.2 Å². The molecule has 6 heteroatoms. The van der Waals surface area contributed by atoms with Crippen LogP contribution in [0.25, 0.3) is 5.70 Å². The third kappa shape index (κ3) is 4.96. The van der Waals surface area contributed by atoms with E-state index in [0.717, 1.165) is 30.1 Å². The zero-order valence-electron chi connectivity index (χ0n) is 20.3. The molecule has 6 atom stereocenters. The molecule has 1 aliphatic carbocycles. The van der Waals surface area contributed by atoms with Crippen LogP contribution in [0.3, 0.4) is 0 Å². The lowest BCUT2D eigenvalue weighted by atomic mass is 9.83. The summed E-state index contributed by atoms with van der Waals surface area (Å²) in [5.41, 5.74) is 9.49. The lowest BCUT2D eigenvalue weighted by Crippen LogP contribution is -2.55. The zero-order chi connectivity index (χ0) is 23.0. The van der Waals surface area contributed by atoms with E-state index >= 15 is 0 Å². The Balaban J connectivity index is 1.68. The first-order valence-corrected chi connectivity index (χ1v) is 11.7. The van der Waals surface area contributed by atoms with Crippen molar-refractivity contribution in [1.29, 1.82) is 0 Å². The van der Waals surface area contributed by atoms with Crippen LogP contribution in [-0.4, -0.2) is 51.1 Å². The van der Waals surface area contributed by atoms with E-state index in [1.54, 1.807) is 18.6 Å². The van der Waals surface area contributed by atoms with Gasteiger partial charge in [-0.1, -0.05) is 40.3 Å². The molecule has 3 rings (SSSR count). The maximum atomic E-state index is 6.82. The Bertz CT molecular complexity index is 785. The minimum absolute atomic E-state index is 0.0200. The Morgan fingerprint density at radius 2 is 1.97 bits per heavy atom. The monoisotopic (exact) mass is 426 g/mol. The van der Waals surface area contributed by atoms with Crippen LogP contribution in [0.2, 0.25) is 0 Å². The van der Waals surface area contributed by atoms with Crippen LogP contribution in [-0.2, 0) is 0 Å². The zero-order valence-corrected chi connectivity index (χ0v) is 20.3. The van der Waals surface area contributed by atoms with Gasteiger partial charge in [-0.2, -0.15) is 0 Å². The molecule has 1 aliphatic heterocycles. The summed E-state index contributed by atoms with van der Waals surface area (Å²) >= 11 is 0. The first kappa shape index (κ1) is 23.7. The third-order valence-corrected chi connectivity index (χ3v) is 7.46. The number of likely N-dealkylation sites (tertiary alicyclic amines) is 1. The highest BCUT2D eigenvalue weighted by Crippen LogP contribution is 2.46. The summed E-state index contributed by atoms with van der Waals surface area (Å²) in [6.45, 7) is 23.2. The summed E-state index contributed by atoms with van der Waals surface area (Å²) < 4.78 is 0. The van der Waals surface area contributed by atoms with Crippen LogP contribution >= 0.6 is 0 Å². The maximum absolute atomic E-state index is 6.82. The number of fused-ring (bicyclic) bond motifs is 1. The molecule has 5 unspecified atom stereocenters. The number of rotatable bonds is 8. The third-order valence-electron chi connectivity index (χ3n) is 7.46. The van der Waals surface area contributed by atoms with E-state index in [1.807, 2.05) is 0 Å². The van der Waals surface area contributed by atoms with Gasteiger partial charge in [0.1, 0.15) is 5.69 Å². The predicted octanol–water partition coefficient (Wildman–Crippen LogP) is 3.53. The largest absolute Gasteiger partial charge is 0.380 e. The second kappa shape index (κ2) is 8.91. The molecule has 1 saturated heterocycles. The van der Waals surface area contributed by atoms with Gasteiger partial charge in [0.2, 0.25) is 0 Å². The van der Waals surface area contributed by atoms with Crippen LogP contribution in [0, 0.1) is 11.3 Å². The van der Waals surface area contributed by atoms with Crippen molar-refractivity contribution in [1.82, 2.24) is 25.5 Å². The molecular formula is C25H42N6. The van der Waals surface area contributed by atoms with Crippen LogP contribution in [0.15, 0.2) is 37.4 Å². The molecule has 0 bridgehead atoms.